The number of guanidine groups is 1. The fourth-order valence-electron chi connectivity index (χ4n) is 5.01. The van der Waals surface area contributed by atoms with E-state index in [1.165, 1.54) is 38.4 Å². The van der Waals surface area contributed by atoms with Crippen LogP contribution in [0.3, 0.4) is 0 Å². The number of halogens is 7. The lowest BCUT2D eigenvalue weighted by Gasteiger charge is -2.31. The average Bonchev–Trinajstić information content (AvgIpc) is 3.77. The fourth-order valence-corrected chi connectivity index (χ4v) is 5.62. The highest BCUT2D eigenvalue weighted by Gasteiger charge is 2.63. The van der Waals surface area contributed by atoms with Gasteiger partial charge in [-0.05, 0) is 72.0 Å². The second-order valence-corrected chi connectivity index (χ2v) is 15.3. The summed E-state index contributed by atoms with van der Waals surface area (Å²) in [5.41, 5.74) is 6.35. The number of carbonyl (C=O) groups is 2. The minimum absolute atomic E-state index is 0.00917. The van der Waals surface area contributed by atoms with E-state index in [1.54, 1.807) is 35.3 Å². The van der Waals surface area contributed by atoms with E-state index >= 15 is 4.39 Å². The van der Waals surface area contributed by atoms with E-state index in [9.17, 15) is 31.5 Å². The molecule has 1 aromatic heterocycles. The van der Waals surface area contributed by atoms with Crippen LogP contribution in [0.15, 0.2) is 76.9 Å². The Labute approximate surface area is 330 Å². The molecule has 0 bridgehead atoms. The van der Waals surface area contributed by atoms with Crippen LogP contribution in [-0.2, 0) is 9.53 Å². The number of ether oxygens (including phenoxy) is 1. The molecule has 1 atom stereocenters. The van der Waals surface area contributed by atoms with Crippen LogP contribution < -0.4 is 11.1 Å². The van der Waals surface area contributed by atoms with Gasteiger partial charge in [0.1, 0.15) is 17.7 Å². The first kappa shape index (κ1) is 45.8. The number of nitrogens with one attached hydrogen (secondary N) is 1. The number of nitrogens with two attached hydrogens (primary N) is 1. The Morgan fingerprint density at radius 2 is 1.73 bits per heavy atom. The molecular formula is C38H44ClF6N7O3S. The Bertz CT molecular complexity index is 1960. The molecule has 0 spiro atoms. The van der Waals surface area contributed by atoms with Gasteiger partial charge in [0.25, 0.3) is 12.3 Å². The zero-order valence-corrected chi connectivity index (χ0v) is 33.4. The van der Waals surface area contributed by atoms with Gasteiger partial charge in [-0.25, -0.2) is 22.8 Å². The molecule has 1 aliphatic carbocycles. The third-order valence-electron chi connectivity index (χ3n) is 7.93. The molecule has 56 heavy (non-hydrogen) atoms. The summed E-state index contributed by atoms with van der Waals surface area (Å²) in [6, 6.07) is 15.2. The number of hydrogen-bond acceptors (Lipinski definition) is 7. The van der Waals surface area contributed by atoms with Gasteiger partial charge < -0.3 is 15.8 Å². The topological polar surface area (TPSA) is 128 Å². The predicted octanol–water partition coefficient (Wildman–Crippen LogP) is 9.04. The second-order valence-electron chi connectivity index (χ2n) is 14.0. The zero-order valence-electron chi connectivity index (χ0n) is 31.8. The molecule has 0 saturated heterocycles. The van der Waals surface area contributed by atoms with Gasteiger partial charge in [0.05, 0.1) is 23.4 Å². The minimum atomic E-state index is -4.28. The van der Waals surface area contributed by atoms with Gasteiger partial charge in [-0.3, -0.25) is 19.5 Å². The van der Waals surface area contributed by atoms with Gasteiger partial charge in [0, 0.05) is 30.2 Å². The van der Waals surface area contributed by atoms with Crippen LogP contribution in [-0.4, -0.2) is 76.7 Å². The normalized spacial score (nSPS) is 14.2. The first-order valence-corrected chi connectivity index (χ1v) is 18.6. The van der Waals surface area contributed by atoms with Crippen molar-refractivity contribution in [1.29, 1.82) is 0 Å². The largest absolute Gasteiger partial charge is 0.411 e. The van der Waals surface area contributed by atoms with Crippen LogP contribution in [0, 0.1) is 11.2 Å². The molecule has 1 fully saturated rings. The summed E-state index contributed by atoms with van der Waals surface area (Å²) in [6.07, 6.45) is -4.14. The van der Waals surface area contributed by atoms with Crippen molar-refractivity contribution in [2.24, 2.45) is 16.1 Å². The Morgan fingerprint density at radius 1 is 1.11 bits per heavy atom. The Hall–Kier alpha value is -4.61. The van der Waals surface area contributed by atoms with Crippen molar-refractivity contribution in [1.82, 2.24) is 25.0 Å². The third kappa shape index (κ3) is 11.9. The first-order valence-electron chi connectivity index (χ1n) is 17.0. The van der Waals surface area contributed by atoms with E-state index in [0.29, 0.717) is 22.1 Å². The number of carbonyl (C=O) groups excluding carboxylic acids is 2. The molecule has 4 aromatic rings. The number of aromatic nitrogens is 3. The predicted molar refractivity (Wildman–Crippen MR) is 206 cm³/mol. The van der Waals surface area contributed by atoms with E-state index in [4.69, 9.17) is 22.1 Å². The summed E-state index contributed by atoms with van der Waals surface area (Å²) in [7, 11) is 2.83. The van der Waals surface area contributed by atoms with E-state index in [-0.39, 0.29) is 48.1 Å². The van der Waals surface area contributed by atoms with Crippen molar-refractivity contribution in [3.05, 3.63) is 94.8 Å². The first-order chi connectivity index (χ1) is 26.2. The summed E-state index contributed by atoms with van der Waals surface area (Å²) in [4.78, 5) is 33.3. The van der Waals surface area contributed by atoms with Crippen LogP contribution in [0.1, 0.15) is 74.7 Å². The number of thioether (sulfide) groups is 1. The summed E-state index contributed by atoms with van der Waals surface area (Å²) in [5.74, 6) is -2.01. The molecule has 1 saturated carbocycles. The van der Waals surface area contributed by atoms with E-state index in [2.05, 4.69) is 42.8 Å². The molecule has 1 unspecified atom stereocenters. The SMILES string of the molecule is CC(C)(C)C.CN=C(N)N(C(=O)c1ccc(-c2ccc(SC)cc2)c(F)c1)C(COC)c1ccc(Cl)c(-n2ncnc2C(F)F)c1.O=CNC1(C(F)(F)F)CC1. The number of hydrogen-bond donors (Lipinski definition) is 2. The summed E-state index contributed by atoms with van der Waals surface area (Å²) in [5, 5.41) is 5.77. The molecule has 2 amide bonds. The lowest BCUT2D eigenvalue weighted by atomic mass is 10.0. The summed E-state index contributed by atoms with van der Waals surface area (Å²) in [6.45, 7) is 8.68. The lowest BCUT2D eigenvalue weighted by molar-refractivity contribution is -0.167. The zero-order chi connectivity index (χ0) is 42.0. The molecule has 1 heterocycles. The number of benzene rings is 3. The Balaban J connectivity index is 0.000000468. The van der Waals surface area contributed by atoms with E-state index in [0.717, 1.165) is 26.9 Å². The summed E-state index contributed by atoms with van der Waals surface area (Å²) < 4.78 is 84.3. The van der Waals surface area contributed by atoms with E-state index in [1.807, 2.05) is 18.4 Å². The maximum Gasteiger partial charge on any atom is 0.411 e. The highest BCUT2D eigenvalue weighted by Crippen LogP contribution is 2.48. The summed E-state index contributed by atoms with van der Waals surface area (Å²) >= 11 is 7.91. The van der Waals surface area contributed by atoms with Gasteiger partial charge in [0.15, 0.2) is 11.8 Å². The molecular weight excluding hydrogens is 784 g/mol. The Kier molecular flexibility index (Phi) is 15.9. The van der Waals surface area contributed by atoms with Crippen LogP contribution in [0.4, 0.5) is 26.3 Å². The molecule has 3 N–H and O–H groups in total. The van der Waals surface area contributed by atoms with Crippen molar-refractivity contribution < 1.29 is 40.7 Å². The van der Waals surface area contributed by atoms with Gasteiger partial charge in [0.2, 0.25) is 6.41 Å². The number of aliphatic imine (C=N–C) groups is 1. The number of amides is 2. The maximum atomic E-state index is 15.3. The van der Waals surface area contributed by atoms with Crippen molar-refractivity contribution in [2.45, 2.75) is 69.6 Å². The maximum absolute atomic E-state index is 15.3. The number of alkyl halides is 5. The van der Waals surface area contributed by atoms with Gasteiger partial charge in [-0.2, -0.15) is 18.3 Å². The molecule has 1 aliphatic rings. The van der Waals surface area contributed by atoms with Gasteiger partial charge in [-0.1, -0.05) is 63.6 Å². The van der Waals surface area contributed by atoms with Gasteiger partial charge in [-0.15, -0.1) is 11.8 Å². The number of rotatable bonds is 11. The van der Waals surface area contributed by atoms with E-state index < -0.39 is 41.7 Å². The highest BCUT2D eigenvalue weighted by molar-refractivity contribution is 7.98. The van der Waals surface area contributed by atoms with Crippen molar-refractivity contribution in [3.8, 4) is 16.8 Å². The van der Waals surface area contributed by atoms with Gasteiger partial charge >= 0.3 is 6.18 Å². The van der Waals surface area contributed by atoms with Crippen molar-refractivity contribution in [2.75, 3.05) is 27.0 Å². The molecule has 18 heteroatoms. The number of nitrogens with zero attached hydrogens (tertiary/aromatic N) is 5. The highest BCUT2D eigenvalue weighted by atomic mass is 35.5. The van der Waals surface area contributed by atoms with Crippen molar-refractivity contribution in [3.63, 3.8) is 0 Å². The quantitative estimate of drug-likeness (QED) is 0.0508. The number of methoxy groups -OCH3 is 1. The fraction of sp³-hybridized carbons (Fsp3) is 0.395. The van der Waals surface area contributed by atoms with Crippen LogP contribution in [0.5, 0.6) is 0 Å². The molecule has 304 valence electrons. The van der Waals surface area contributed by atoms with Crippen molar-refractivity contribution >= 4 is 41.6 Å². The molecule has 5 rings (SSSR count). The van der Waals surface area contributed by atoms with Crippen LogP contribution in [0.2, 0.25) is 5.02 Å². The molecule has 3 aromatic carbocycles. The molecule has 10 nitrogen and oxygen atoms in total. The minimum Gasteiger partial charge on any atom is -0.382 e. The Morgan fingerprint density at radius 3 is 2.20 bits per heavy atom. The second kappa shape index (κ2) is 19.5. The lowest BCUT2D eigenvalue weighted by Crippen LogP contribution is -2.46. The standard InChI is InChI=1S/C28H26ClF3N6O2S.C5H6F3NO.C5H12/c1-34-28(33)37(27(39)18-6-10-20(22(30)12-18)16-4-8-19(41-3)9-5-16)24(14-40-2)17-7-11-21(29)23(13-17)38-26(25(31)32)35-15-36-38;6-5(7,8)4(1-2-4)9-3-10;1-5(2,3)4/h4-13,15,24-25H,14H2,1-3H3,(H2,33,34);3H,1-2H2,(H,9,10);1-4H3. The monoisotopic (exact) mass is 827 g/mol. The van der Waals surface area contributed by atoms with Crippen LogP contribution >= 0.6 is 23.4 Å². The smallest absolute Gasteiger partial charge is 0.382 e. The third-order valence-corrected chi connectivity index (χ3v) is 8.99. The molecule has 0 radical (unpaired) electrons. The average molecular weight is 828 g/mol. The van der Waals surface area contributed by atoms with Crippen LogP contribution in [0.25, 0.3) is 16.8 Å². The molecule has 0 aliphatic heterocycles.